The Morgan fingerprint density at radius 3 is 2.83 bits per heavy atom. The molecular weight excluding hydrogens is 322 g/mol. The summed E-state index contributed by atoms with van der Waals surface area (Å²) < 4.78 is 0. The number of para-hydroxylation sites is 1. The Morgan fingerprint density at radius 2 is 1.96 bits per heavy atom. The van der Waals surface area contributed by atoms with Crippen LogP contribution in [0.25, 0.3) is 10.9 Å². The number of aromatic nitrogens is 3. The van der Waals surface area contributed by atoms with Gasteiger partial charge >= 0.3 is 0 Å². The molecule has 24 heavy (non-hydrogen) atoms. The lowest BCUT2D eigenvalue weighted by Gasteiger charge is -2.03. The van der Waals surface area contributed by atoms with E-state index in [1.165, 1.54) is 11.3 Å². The van der Waals surface area contributed by atoms with Crippen LogP contribution in [-0.4, -0.2) is 21.1 Å². The van der Waals surface area contributed by atoms with Crippen molar-refractivity contribution < 1.29 is 4.79 Å². The predicted octanol–water partition coefficient (Wildman–Crippen LogP) is 4.02. The number of nitrogens with one attached hydrogen (secondary N) is 3. The Bertz CT molecular complexity index is 992. The van der Waals surface area contributed by atoms with Crippen molar-refractivity contribution in [3.8, 4) is 0 Å². The van der Waals surface area contributed by atoms with E-state index in [0.29, 0.717) is 10.8 Å². The maximum Gasteiger partial charge on any atom is 0.275 e. The predicted molar refractivity (Wildman–Crippen MR) is 95.9 cm³/mol. The van der Waals surface area contributed by atoms with Gasteiger partial charge in [-0.3, -0.25) is 9.89 Å². The van der Waals surface area contributed by atoms with Crippen LogP contribution in [0, 0.1) is 0 Å². The SMILES string of the molecule is O=C(Nc1ccccc1)c1csc(Nc2ccc3[nH]ncc3c2)n1. The molecular formula is C17H13N5OS. The molecule has 0 saturated carbocycles. The first-order chi connectivity index (χ1) is 11.8. The van der Waals surface area contributed by atoms with Crippen molar-refractivity contribution >= 4 is 44.7 Å². The molecule has 3 N–H and O–H groups in total. The van der Waals surface area contributed by atoms with E-state index in [-0.39, 0.29) is 5.91 Å². The van der Waals surface area contributed by atoms with Gasteiger partial charge in [0.05, 0.1) is 11.7 Å². The number of carbonyl (C=O) groups is 1. The molecule has 4 rings (SSSR count). The zero-order valence-corrected chi connectivity index (χ0v) is 13.3. The highest BCUT2D eigenvalue weighted by atomic mass is 32.1. The summed E-state index contributed by atoms with van der Waals surface area (Å²) >= 11 is 1.38. The van der Waals surface area contributed by atoms with E-state index < -0.39 is 0 Å². The van der Waals surface area contributed by atoms with Gasteiger partial charge in [0, 0.05) is 22.1 Å². The van der Waals surface area contributed by atoms with Crippen LogP contribution in [0.4, 0.5) is 16.5 Å². The number of aromatic amines is 1. The molecule has 118 valence electrons. The summed E-state index contributed by atoms with van der Waals surface area (Å²) in [6, 6.07) is 15.2. The number of hydrogen-bond acceptors (Lipinski definition) is 5. The van der Waals surface area contributed by atoms with Gasteiger partial charge in [0.15, 0.2) is 5.13 Å². The molecule has 2 aromatic heterocycles. The number of rotatable bonds is 4. The van der Waals surface area contributed by atoms with Crippen molar-refractivity contribution in [2.75, 3.05) is 10.6 Å². The number of H-pyrrole nitrogens is 1. The van der Waals surface area contributed by atoms with E-state index in [1.807, 2.05) is 48.5 Å². The number of anilines is 3. The van der Waals surface area contributed by atoms with E-state index >= 15 is 0 Å². The van der Waals surface area contributed by atoms with Crippen LogP contribution in [0.1, 0.15) is 10.5 Å². The molecule has 0 bridgehead atoms. The highest BCUT2D eigenvalue weighted by Gasteiger charge is 2.11. The van der Waals surface area contributed by atoms with E-state index in [9.17, 15) is 4.79 Å². The van der Waals surface area contributed by atoms with Gasteiger partial charge in [-0.2, -0.15) is 5.10 Å². The number of carbonyl (C=O) groups excluding carboxylic acids is 1. The number of benzene rings is 2. The minimum Gasteiger partial charge on any atom is -0.332 e. The van der Waals surface area contributed by atoms with Gasteiger partial charge < -0.3 is 10.6 Å². The summed E-state index contributed by atoms with van der Waals surface area (Å²) in [6.07, 6.45) is 1.76. The lowest BCUT2D eigenvalue weighted by atomic mass is 10.2. The summed E-state index contributed by atoms with van der Waals surface area (Å²) in [5, 5.41) is 16.3. The average Bonchev–Trinajstić information content (AvgIpc) is 3.24. The fourth-order valence-electron chi connectivity index (χ4n) is 2.30. The van der Waals surface area contributed by atoms with Crippen LogP contribution in [-0.2, 0) is 0 Å². The molecule has 0 aliphatic rings. The molecule has 2 aromatic carbocycles. The first-order valence-corrected chi connectivity index (χ1v) is 8.18. The van der Waals surface area contributed by atoms with E-state index in [2.05, 4.69) is 25.8 Å². The van der Waals surface area contributed by atoms with Crippen molar-refractivity contribution in [3.05, 3.63) is 65.8 Å². The molecule has 7 heteroatoms. The third-order valence-corrected chi connectivity index (χ3v) is 4.22. The Hall–Kier alpha value is -3.19. The second-order valence-corrected chi connectivity index (χ2v) is 6.01. The third-order valence-electron chi connectivity index (χ3n) is 3.46. The van der Waals surface area contributed by atoms with Gasteiger partial charge in [0.25, 0.3) is 5.91 Å². The summed E-state index contributed by atoms with van der Waals surface area (Å²) in [5.74, 6) is -0.226. The van der Waals surface area contributed by atoms with Crippen molar-refractivity contribution in [3.63, 3.8) is 0 Å². The number of hydrogen-bond donors (Lipinski definition) is 3. The second kappa shape index (κ2) is 6.13. The van der Waals surface area contributed by atoms with Crippen LogP contribution in [0.5, 0.6) is 0 Å². The van der Waals surface area contributed by atoms with Gasteiger partial charge in [-0.1, -0.05) is 18.2 Å². The summed E-state index contributed by atoms with van der Waals surface area (Å²) in [5.41, 5.74) is 3.00. The quantitative estimate of drug-likeness (QED) is 0.526. The molecule has 2 heterocycles. The number of thiazole rings is 1. The molecule has 0 fully saturated rings. The Labute approximate surface area is 141 Å². The summed E-state index contributed by atoms with van der Waals surface area (Å²) in [7, 11) is 0. The van der Waals surface area contributed by atoms with Gasteiger partial charge in [-0.15, -0.1) is 11.3 Å². The number of nitrogens with zero attached hydrogens (tertiary/aromatic N) is 2. The Balaban J connectivity index is 1.48. The van der Waals surface area contributed by atoms with E-state index in [0.717, 1.165) is 22.3 Å². The van der Waals surface area contributed by atoms with E-state index in [1.54, 1.807) is 11.6 Å². The van der Waals surface area contributed by atoms with Crippen molar-refractivity contribution in [1.29, 1.82) is 0 Å². The second-order valence-electron chi connectivity index (χ2n) is 5.16. The topological polar surface area (TPSA) is 82.7 Å². The molecule has 0 spiro atoms. The third kappa shape index (κ3) is 2.97. The molecule has 0 unspecified atom stereocenters. The van der Waals surface area contributed by atoms with Gasteiger partial charge in [-0.25, -0.2) is 4.98 Å². The first-order valence-electron chi connectivity index (χ1n) is 7.30. The smallest absolute Gasteiger partial charge is 0.275 e. The summed E-state index contributed by atoms with van der Waals surface area (Å²) in [4.78, 5) is 16.6. The van der Waals surface area contributed by atoms with Gasteiger partial charge in [0.2, 0.25) is 0 Å². The Morgan fingerprint density at radius 1 is 1.08 bits per heavy atom. The summed E-state index contributed by atoms with van der Waals surface area (Å²) in [6.45, 7) is 0. The fourth-order valence-corrected chi connectivity index (χ4v) is 3.01. The molecule has 0 aliphatic heterocycles. The zero-order valence-electron chi connectivity index (χ0n) is 12.5. The van der Waals surface area contributed by atoms with Crippen LogP contribution in [0.2, 0.25) is 0 Å². The number of fused-ring (bicyclic) bond motifs is 1. The van der Waals surface area contributed by atoms with Crippen molar-refractivity contribution in [2.24, 2.45) is 0 Å². The largest absolute Gasteiger partial charge is 0.332 e. The van der Waals surface area contributed by atoms with Gasteiger partial charge in [0.1, 0.15) is 5.69 Å². The zero-order chi connectivity index (χ0) is 16.4. The first kappa shape index (κ1) is 14.4. The molecule has 0 saturated heterocycles. The maximum atomic E-state index is 12.2. The molecule has 4 aromatic rings. The molecule has 1 amide bonds. The van der Waals surface area contributed by atoms with E-state index in [4.69, 9.17) is 0 Å². The minimum absolute atomic E-state index is 0.226. The van der Waals surface area contributed by atoms with Crippen molar-refractivity contribution in [1.82, 2.24) is 15.2 Å². The van der Waals surface area contributed by atoms with Crippen LogP contribution < -0.4 is 10.6 Å². The van der Waals surface area contributed by atoms with Crippen LogP contribution in [0.15, 0.2) is 60.1 Å². The lowest BCUT2D eigenvalue weighted by molar-refractivity contribution is 0.102. The van der Waals surface area contributed by atoms with Crippen LogP contribution in [0.3, 0.4) is 0 Å². The van der Waals surface area contributed by atoms with Gasteiger partial charge in [-0.05, 0) is 30.3 Å². The highest BCUT2D eigenvalue weighted by molar-refractivity contribution is 7.14. The fraction of sp³-hybridized carbons (Fsp3) is 0. The molecule has 0 radical (unpaired) electrons. The maximum absolute atomic E-state index is 12.2. The average molecular weight is 335 g/mol. The molecule has 0 aliphatic carbocycles. The van der Waals surface area contributed by atoms with Crippen LogP contribution >= 0.6 is 11.3 Å². The lowest BCUT2D eigenvalue weighted by Crippen LogP contribution is -2.12. The standard InChI is InChI=1S/C17H13N5OS/c23-16(19-12-4-2-1-3-5-12)15-10-24-17(21-15)20-13-6-7-14-11(8-13)9-18-22-14/h1-10H,(H,18,22)(H,19,23)(H,20,21). The Kier molecular flexibility index (Phi) is 3.68. The molecule has 0 atom stereocenters. The van der Waals surface area contributed by atoms with Crippen molar-refractivity contribution in [2.45, 2.75) is 0 Å². The minimum atomic E-state index is -0.226. The highest BCUT2D eigenvalue weighted by Crippen LogP contribution is 2.24. The number of amides is 1. The molecule has 6 nitrogen and oxygen atoms in total. The monoisotopic (exact) mass is 335 g/mol. The normalized spacial score (nSPS) is 10.7.